The Kier molecular flexibility index (Phi) is 3.24. The lowest BCUT2D eigenvalue weighted by atomic mass is 10.2. The standard InChI is InChI=1S/C8H6INO3/c9-5-1-2-7(10-4-11)6(3-5)8(12)13/h1-4H,(H,10,11)(H,12,13). The molecule has 0 saturated heterocycles. The Morgan fingerprint density at radius 2 is 2.23 bits per heavy atom. The van der Waals surface area contributed by atoms with E-state index in [1.165, 1.54) is 6.07 Å². The molecule has 0 atom stereocenters. The molecule has 0 aliphatic rings. The smallest absolute Gasteiger partial charge is 0.337 e. The largest absolute Gasteiger partial charge is 0.478 e. The zero-order valence-electron chi connectivity index (χ0n) is 6.45. The summed E-state index contributed by atoms with van der Waals surface area (Å²) < 4.78 is 0.812. The lowest BCUT2D eigenvalue weighted by Crippen LogP contribution is -2.04. The summed E-state index contributed by atoms with van der Waals surface area (Å²) in [6.07, 6.45) is 0.453. The first-order chi connectivity index (χ1) is 6.15. The number of aromatic carboxylic acids is 1. The Morgan fingerprint density at radius 3 is 2.77 bits per heavy atom. The van der Waals surface area contributed by atoms with Gasteiger partial charge in [-0.2, -0.15) is 0 Å². The maximum Gasteiger partial charge on any atom is 0.337 e. The van der Waals surface area contributed by atoms with Crippen LogP contribution in [-0.2, 0) is 4.79 Å². The van der Waals surface area contributed by atoms with Crippen molar-refractivity contribution >= 4 is 40.7 Å². The van der Waals surface area contributed by atoms with Crippen molar-refractivity contribution in [3.8, 4) is 0 Å². The highest BCUT2D eigenvalue weighted by molar-refractivity contribution is 14.1. The molecule has 0 bridgehead atoms. The predicted octanol–water partition coefficient (Wildman–Crippen LogP) is 1.56. The summed E-state index contributed by atoms with van der Waals surface area (Å²) in [5, 5.41) is 11.1. The van der Waals surface area contributed by atoms with E-state index in [0.717, 1.165) is 3.57 Å². The van der Waals surface area contributed by atoms with Gasteiger partial charge in [0, 0.05) is 3.57 Å². The van der Waals surface area contributed by atoms with Gasteiger partial charge in [0.1, 0.15) is 0 Å². The van der Waals surface area contributed by atoms with Crippen molar-refractivity contribution in [2.24, 2.45) is 0 Å². The number of carboxylic acid groups (broad SMARTS) is 1. The number of carboxylic acids is 1. The maximum absolute atomic E-state index is 10.7. The molecule has 2 N–H and O–H groups in total. The molecule has 68 valence electrons. The Bertz CT molecular complexity index is 351. The minimum Gasteiger partial charge on any atom is -0.478 e. The first-order valence-corrected chi connectivity index (χ1v) is 4.46. The summed E-state index contributed by atoms with van der Waals surface area (Å²) in [7, 11) is 0. The normalized spacial score (nSPS) is 9.31. The number of rotatable bonds is 3. The Balaban J connectivity index is 3.17. The van der Waals surface area contributed by atoms with Crippen LogP contribution in [0.3, 0.4) is 0 Å². The van der Waals surface area contributed by atoms with Gasteiger partial charge in [0.2, 0.25) is 6.41 Å². The van der Waals surface area contributed by atoms with E-state index in [0.29, 0.717) is 12.1 Å². The summed E-state index contributed by atoms with van der Waals surface area (Å²) >= 11 is 2.00. The van der Waals surface area contributed by atoms with E-state index in [4.69, 9.17) is 5.11 Å². The molecule has 0 aliphatic carbocycles. The molecular weight excluding hydrogens is 285 g/mol. The molecule has 1 rings (SSSR count). The number of nitrogens with one attached hydrogen (secondary N) is 1. The Labute approximate surface area is 88.1 Å². The molecule has 0 saturated carbocycles. The molecule has 0 radical (unpaired) electrons. The topological polar surface area (TPSA) is 66.4 Å². The molecule has 0 fully saturated rings. The van der Waals surface area contributed by atoms with Crippen molar-refractivity contribution in [1.29, 1.82) is 0 Å². The first-order valence-electron chi connectivity index (χ1n) is 3.38. The third-order valence-corrected chi connectivity index (χ3v) is 2.10. The highest BCUT2D eigenvalue weighted by Gasteiger charge is 2.09. The maximum atomic E-state index is 10.7. The molecule has 0 aliphatic heterocycles. The summed E-state index contributed by atoms with van der Waals surface area (Å²) in [5.74, 6) is -1.05. The number of hydrogen-bond donors (Lipinski definition) is 2. The zero-order valence-corrected chi connectivity index (χ0v) is 8.61. The van der Waals surface area contributed by atoms with Crippen molar-refractivity contribution in [3.05, 3.63) is 27.3 Å². The van der Waals surface area contributed by atoms with Gasteiger partial charge in [-0.05, 0) is 40.8 Å². The number of hydrogen-bond acceptors (Lipinski definition) is 2. The number of carbonyl (C=O) groups is 2. The average Bonchev–Trinajstić information content (AvgIpc) is 2.08. The fourth-order valence-electron chi connectivity index (χ4n) is 0.883. The lowest BCUT2D eigenvalue weighted by molar-refractivity contribution is -0.105. The van der Waals surface area contributed by atoms with Gasteiger partial charge in [-0.25, -0.2) is 4.79 Å². The molecular formula is C8H6INO3. The fourth-order valence-corrected chi connectivity index (χ4v) is 1.37. The van der Waals surface area contributed by atoms with Gasteiger partial charge in [-0.3, -0.25) is 4.79 Å². The van der Waals surface area contributed by atoms with Crippen LogP contribution in [-0.4, -0.2) is 17.5 Å². The van der Waals surface area contributed by atoms with Crippen molar-refractivity contribution in [1.82, 2.24) is 0 Å². The second-order valence-corrected chi connectivity index (χ2v) is 3.50. The fraction of sp³-hybridized carbons (Fsp3) is 0. The van der Waals surface area contributed by atoms with Crippen LogP contribution in [0.4, 0.5) is 5.69 Å². The van der Waals surface area contributed by atoms with E-state index in [1.54, 1.807) is 12.1 Å². The van der Waals surface area contributed by atoms with Crippen LogP contribution < -0.4 is 5.32 Å². The molecule has 0 heterocycles. The number of benzene rings is 1. The Morgan fingerprint density at radius 1 is 1.54 bits per heavy atom. The van der Waals surface area contributed by atoms with Gasteiger partial charge in [0.05, 0.1) is 11.3 Å². The third kappa shape index (κ3) is 2.41. The van der Waals surface area contributed by atoms with Gasteiger partial charge in [-0.1, -0.05) is 0 Å². The van der Waals surface area contributed by atoms with E-state index < -0.39 is 5.97 Å². The van der Waals surface area contributed by atoms with Crippen LogP contribution in [0.5, 0.6) is 0 Å². The van der Waals surface area contributed by atoms with E-state index >= 15 is 0 Å². The number of amides is 1. The first kappa shape index (κ1) is 9.97. The van der Waals surface area contributed by atoms with E-state index in [-0.39, 0.29) is 5.56 Å². The van der Waals surface area contributed by atoms with Crippen LogP contribution in [0.15, 0.2) is 18.2 Å². The minimum atomic E-state index is -1.05. The molecule has 0 unspecified atom stereocenters. The summed E-state index contributed by atoms with van der Waals surface area (Å²) in [6.45, 7) is 0. The highest BCUT2D eigenvalue weighted by Crippen LogP contribution is 2.18. The van der Waals surface area contributed by atoms with Crippen LogP contribution in [0.2, 0.25) is 0 Å². The van der Waals surface area contributed by atoms with Crippen molar-refractivity contribution in [3.63, 3.8) is 0 Å². The molecule has 1 aromatic carbocycles. The number of carbonyl (C=O) groups excluding carboxylic acids is 1. The molecule has 13 heavy (non-hydrogen) atoms. The number of halogens is 1. The molecule has 0 aromatic heterocycles. The predicted molar refractivity (Wildman–Crippen MR) is 55.8 cm³/mol. The van der Waals surface area contributed by atoms with Crippen molar-refractivity contribution in [2.75, 3.05) is 5.32 Å². The quantitative estimate of drug-likeness (QED) is 0.656. The molecule has 1 amide bonds. The highest BCUT2D eigenvalue weighted by atomic mass is 127. The average molecular weight is 291 g/mol. The minimum absolute atomic E-state index is 0.0963. The molecule has 0 spiro atoms. The third-order valence-electron chi connectivity index (χ3n) is 1.43. The Hall–Kier alpha value is -1.11. The van der Waals surface area contributed by atoms with E-state index in [2.05, 4.69) is 5.32 Å². The summed E-state index contributed by atoms with van der Waals surface area (Å²) in [5.41, 5.74) is 0.405. The van der Waals surface area contributed by atoms with Gasteiger partial charge >= 0.3 is 5.97 Å². The van der Waals surface area contributed by atoms with Crippen LogP contribution in [0, 0.1) is 3.57 Å². The van der Waals surface area contributed by atoms with Gasteiger partial charge in [0.15, 0.2) is 0 Å². The van der Waals surface area contributed by atoms with Crippen LogP contribution >= 0.6 is 22.6 Å². The van der Waals surface area contributed by atoms with E-state index in [9.17, 15) is 9.59 Å². The monoisotopic (exact) mass is 291 g/mol. The van der Waals surface area contributed by atoms with Crippen molar-refractivity contribution in [2.45, 2.75) is 0 Å². The lowest BCUT2D eigenvalue weighted by Gasteiger charge is -2.03. The SMILES string of the molecule is O=CNc1ccc(I)cc1C(=O)O. The molecule has 5 heteroatoms. The van der Waals surface area contributed by atoms with Crippen LogP contribution in [0.25, 0.3) is 0 Å². The second-order valence-electron chi connectivity index (χ2n) is 2.26. The molecule has 4 nitrogen and oxygen atoms in total. The van der Waals surface area contributed by atoms with Crippen molar-refractivity contribution < 1.29 is 14.7 Å². The second kappa shape index (κ2) is 4.22. The molecule has 1 aromatic rings. The number of anilines is 1. The van der Waals surface area contributed by atoms with Crippen LogP contribution in [0.1, 0.15) is 10.4 Å². The van der Waals surface area contributed by atoms with Gasteiger partial charge in [-0.15, -0.1) is 0 Å². The summed E-state index contributed by atoms with van der Waals surface area (Å²) in [6, 6.07) is 4.77. The van der Waals surface area contributed by atoms with Gasteiger partial charge in [0.25, 0.3) is 0 Å². The van der Waals surface area contributed by atoms with Gasteiger partial charge < -0.3 is 10.4 Å². The summed E-state index contributed by atoms with van der Waals surface area (Å²) in [4.78, 5) is 20.8. The van der Waals surface area contributed by atoms with E-state index in [1.807, 2.05) is 22.6 Å². The zero-order chi connectivity index (χ0) is 9.84.